The number of nitrogens with one attached hydrogen (secondary N) is 4. The van der Waals surface area contributed by atoms with E-state index in [9.17, 15) is 29.2 Å². The quantitative estimate of drug-likeness (QED) is 0.0162. The summed E-state index contributed by atoms with van der Waals surface area (Å²) in [5.41, 5.74) is 25.2. The van der Waals surface area contributed by atoms with Crippen molar-refractivity contribution in [1.29, 1.82) is 5.26 Å². The third-order valence-electron chi connectivity index (χ3n) is 34.6. The van der Waals surface area contributed by atoms with Crippen molar-refractivity contribution < 1.29 is 24.0 Å². The van der Waals surface area contributed by atoms with E-state index in [1.54, 1.807) is 61.2 Å². The van der Waals surface area contributed by atoms with Gasteiger partial charge in [-0.05, 0) is 352 Å². The van der Waals surface area contributed by atoms with Crippen LogP contribution in [-0.4, -0.2) is 77.0 Å². The molecule has 140 heavy (non-hydrogen) atoms. The number of benzene rings is 7. The van der Waals surface area contributed by atoms with E-state index in [2.05, 4.69) is 106 Å². The van der Waals surface area contributed by atoms with Gasteiger partial charge in [0.1, 0.15) is 12.3 Å². The Balaban J connectivity index is 0.000000104. The van der Waals surface area contributed by atoms with Crippen LogP contribution in [0.3, 0.4) is 0 Å². The topological polar surface area (TPSA) is 294 Å². The third kappa shape index (κ3) is 20.3. The number of hydrogen-bond acceptors (Lipinski definition) is 17. The number of Topliss-reactive ketones (excluding diaryl/α,β-unsaturated/α-hetero) is 2. The number of aromatic nitrogens is 7. The Hall–Kier alpha value is -11.4. The van der Waals surface area contributed by atoms with Gasteiger partial charge in [0, 0.05) is 73.7 Å². The predicted octanol–water partition coefficient (Wildman–Crippen LogP) is 27.4. The van der Waals surface area contributed by atoms with E-state index in [4.69, 9.17) is 57.7 Å². The number of carbonyl (C=O) groups is 5. The van der Waals surface area contributed by atoms with Crippen LogP contribution in [0, 0.1) is 131 Å². The number of H-pyrrole nitrogens is 2. The molecule has 1 atom stereocenters. The number of anilines is 2. The fourth-order valence-corrected chi connectivity index (χ4v) is 34.1. The summed E-state index contributed by atoms with van der Waals surface area (Å²) in [5.74, 6) is 13.1. The number of thiazole rings is 3. The molecule has 25 heteroatoms. The zero-order valence-corrected chi connectivity index (χ0v) is 83.1. The first kappa shape index (κ1) is 96.1. The van der Waals surface area contributed by atoms with E-state index in [0.717, 1.165) is 178 Å². The van der Waals surface area contributed by atoms with Crippen LogP contribution < -0.4 is 22.1 Å². The fraction of sp³-hybridized carbons (Fsp3) is 0.461. The van der Waals surface area contributed by atoms with Crippen LogP contribution in [0.1, 0.15) is 250 Å². The lowest BCUT2D eigenvalue weighted by molar-refractivity contribution is -0.146. The van der Waals surface area contributed by atoms with Gasteiger partial charge in [-0.3, -0.25) is 24.0 Å². The molecule has 20 aliphatic rings. The van der Waals surface area contributed by atoms with Gasteiger partial charge >= 0.3 is 0 Å². The molecule has 8 N–H and O–H groups in total. The van der Waals surface area contributed by atoms with Crippen molar-refractivity contribution in [1.82, 2.24) is 40.2 Å². The van der Waals surface area contributed by atoms with Gasteiger partial charge in [-0.1, -0.05) is 121 Å². The van der Waals surface area contributed by atoms with Crippen molar-refractivity contribution in [3.63, 3.8) is 0 Å². The van der Waals surface area contributed by atoms with E-state index in [1.165, 1.54) is 200 Å². The van der Waals surface area contributed by atoms with Crippen molar-refractivity contribution in [2.45, 2.75) is 215 Å². The summed E-state index contributed by atoms with van der Waals surface area (Å²) in [6.07, 6.45) is 50.4. The minimum Gasteiger partial charge on any atom is -0.399 e. The van der Waals surface area contributed by atoms with Crippen molar-refractivity contribution in [2.75, 3.05) is 24.1 Å². The number of ketones is 2. The predicted molar refractivity (Wildman–Crippen MR) is 558 cm³/mol. The molecule has 20 fully saturated rings. The normalized spacial score (nSPS) is 30.3. The lowest BCUT2D eigenvalue weighted by Gasteiger charge is -2.56. The minimum absolute atomic E-state index is 0. The Labute approximate surface area is 843 Å². The molecule has 7 aromatic carbocycles. The maximum absolute atomic E-state index is 12.8. The van der Waals surface area contributed by atoms with Crippen molar-refractivity contribution >= 4 is 138 Å². The number of nitrogens with two attached hydrogens (primary N) is 2. The van der Waals surface area contributed by atoms with Gasteiger partial charge in [-0.15, -0.1) is 46.4 Å². The number of fused-ring (bicyclic) bond motifs is 2. The van der Waals surface area contributed by atoms with E-state index in [0.29, 0.717) is 44.4 Å². The minimum atomic E-state index is -0.418. The summed E-state index contributed by atoms with van der Waals surface area (Å²) in [5, 5.41) is 20.2. The molecule has 0 aliphatic heterocycles. The summed E-state index contributed by atoms with van der Waals surface area (Å²) in [7, 11) is 0. The van der Waals surface area contributed by atoms with Crippen LogP contribution >= 0.6 is 58.0 Å². The molecule has 32 rings (SSSR count). The van der Waals surface area contributed by atoms with Gasteiger partial charge in [0.05, 0.1) is 103 Å². The van der Waals surface area contributed by atoms with Gasteiger partial charge in [-0.2, -0.15) is 5.26 Å². The second kappa shape index (κ2) is 40.6. The molecule has 718 valence electrons. The Morgan fingerprint density at radius 3 is 1.12 bits per heavy atom. The highest BCUT2D eigenvalue weighted by atomic mass is 35.5. The molecule has 1 unspecified atom stereocenters. The molecule has 0 radical (unpaired) electrons. The van der Waals surface area contributed by atoms with Gasteiger partial charge in [-0.25, -0.2) is 39.5 Å². The summed E-state index contributed by atoms with van der Waals surface area (Å²) < 4.78 is 0. The highest BCUT2D eigenvalue weighted by Gasteiger charge is 2.59. The summed E-state index contributed by atoms with van der Waals surface area (Å²) in [6.45, 7) is 20.8. The van der Waals surface area contributed by atoms with Crippen molar-refractivity contribution in [3.8, 4) is 37.4 Å². The average Bonchev–Trinajstić information content (AvgIpc) is 1.46. The number of amides is 1. The van der Waals surface area contributed by atoms with E-state index < -0.39 is 6.04 Å². The lowest BCUT2D eigenvalue weighted by atomic mass is 9.49. The monoisotopic (exact) mass is 1960 g/mol. The number of nitrogens with zero attached hydrogens (tertiary/aromatic N) is 9. The summed E-state index contributed by atoms with van der Waals surface area (Å²) >= 11 is 11.4. The molecule has 20 bridgehead atoms. The lowest BCUT2D eigenvalue weighted by Crippen LogP contribution is -2.54. The maximum atomic E-state index is 12.8. The van der Waals surface area contributed by atoms with E-state index >= 15 is 0 Å². The smallest absolute Gasteiger partial charge is 0.227 e. The van der Waals surface area contributed by atoms with Crippen LogP contribution in [0.2, 0.25) is 0 Å². The highest BCUT2D eigenvalue weighted by Crippen LogP contribution is 2.67. The Morgan fingerprint density at radius 1 is 0.443 bits per heavy atom. The van der Waals surface area contributed by atoms with Crippen LogP contribution in [0.25, 0.3) is 67.9 Å². The molecule has 20 saturated carbocycles. The molecular weight excluding hydrogens is 1840 g/mol. The fourth-order valence-electron chi connectivity index (χ4n) is 30.4. The third-order valence-corrected chi connectivity index (χ3v) is 38.9. The molecule has 20 aliphatic carbocycles. The highest BCUT2D eigenvalue weighted by molar-refractivity contribution is 7.16. The number of hydrogen-bond donors (Lipinski definition) is 6. The standard InChI is InChI=1S/C28H27N5S.C20H22N2O2.C20H20N2S.C20H21NOS.C11H15ClO.C9H8N2O.C7H7N3.ClH/c29-14-25(33-22-5-6-23-24(10-22)32-16-31-23)20-1-3-21(4-2-20)26-15-30-27(34-26)28-11-17-7-18(12-28)9-19(8-17)13-28;1-21-17-4-2-16(3-5-17)18(23)12-22-19(24)20-9-13-6-14(10-20)8-15(7-13)11-20;1-21-17-4-2-16(3-5-17)18-12-22-19(23-18)20-9-13-6-14(10-20)8-15(7-13)11-20;22-12-13-1-3-17(4-2-13)18-11-21-19(23-18)20-8-14-5-15(9-20)7-16(6-14)10-20;12-10(13)11-4-7-1-8(5-11)3-9(2-7)6-11;1-11-8-4-2-7(3-5-8)9(12)6-10;8-5-1-2-6-7(3-5)10-4-9-6;/h1-6,10,15-19,25,33H,7-9,11-13H2,(H,31,32);2-5,13-15H,6-12H2,(H,22,24);2-5,12-15H,6-11H2;1-4,11-12,14-16H,5-10H2;7-9H,1-6H2;2-5H,6,10H2;1-4H,8H2,(H,9,10);1H. The Kier molecular flexibility index (Phi) is 27.8. The summed E-state index contributed by atoms with van der Waals surface area (Å²) in [4.78, 5) is 101. The van der Waals surface area contributed by atoms with Gasteiger partial charge in [0.15, 0.2) is 28.6 Å². The van der Waals surface area contributed by atoms with E-state index in [1.807, 2.05) is 107 Å². The summed E-state index contributed by atoms with van der Waals surface area (Å²) in [6, 6.07) is 50.7. The van der Waals surface area contributed by atoms with Crippen LogP contribution in [-0.2, 0) is 25.8 Å². The Morgan fingerprint density at radius 2 is 0.771 bits per heavy atom. The average molecular weight is 1960 g/mol. The SMILES string of the molecule is Cl.N#CC(Nc1ccc2nc[nH]c2c1)c1ccc(-c2cnc(C34CC5CC(CC(C5)C3)C4)s2)cc1.Nc1ccc2nc[nH]c2c1.O=C(Cl)C12CC3CC(CC(C3)C1)C2.O=Cc1ccc(-c2cnc(C34CC5CC(CC(C5)C3)C4)s2)cc1.[C-]#[N+]c1ccc(-c2cnc(C34CC5CC(CC(C5)C3)C4)s2)cc1.[C-]#[N+]c1ccc(C(=O)CN)cc1.[C-]#[N+]c1ccc(C(=O)CNC(=O)C23CC4CC(CC(C4)C2)C3)cc1. The van der Waals surface area contributed by atoms with Gasteiger partial charge in [0.25, 0.3) is 0 Å². The first-order chi connectivity index (χ1) is 67.5. The maximum Gasteiger partial charge on any atom is 0.227 e. The number of nitriles is 1. The van der Waals surface area contributed by atoms with E-state index in [-0.39, 0.29) is 59.0 Å². The zero-order chi connectivity index (χ0) is 95.3. The van der Waals surface area contributed by atoms with Crippen LogP contribution in [0.4, 0.5) is 28.4 Å². The number of rotatable bonds is 17. The zero-order valence-electron chi connectivity index (χ0n) is 79.1. The van der Waals surface area contributed by atoms with Crippen molar-refractivity contribution in [3.05, 3.63) is 260 Å². The number of nitrogen functional groups attached to an aromatic ring is 1. The number of carbonyl (C=O) groups excluding carboxylic acids is 5. The molecular formula is C115H121Cl2N15O5S3. The number of aldehydes is 1. The molecule has 0 saturated heterocycles. The van der Waals surface area contributed by atoms with Crippen LogP contribution in [0.5, 0.6) is 0 Å². The largest absolute Gasteiger partial charge is 0.399 e. The molecule has 5 aromatic heterocycles. The van der Waals surface area contributed by atoms with Gasteiger partial charge in [0.2, 0.25) is 11.1 Å². The van der Waals surface area contributed by atoms with Gasteiger partial charge < -0.3 is 32.1 Å². The van der Waals surface area contributed by atoms with Crippen LogP contribution in [0.15, 0.2) is 189 Å². The number of aromatic amines is 2. The first-order valence-electron chi connectivity index (χ1n) is 50.6. The van der Waals surface area contributed by atoms with Crippen molar-refractivity contribution in [2.24, 2.45) is 105 Å². The molecule has 0 spiro atoms. The second-order valence-corrected chi connectivity index (χ2v) is 47.9. The second-order valence-electron chi connectivity index (χ2n) is 44.4. The molecule has 5 heterocycles. The molecule has 12 aromatic rings. The first-order valence-corrected chi connectivity index (χ1v) is 53.4. The number of halogens is 2. The molecule has 20 nitrogen and oxygen atoms in total. The number of imidazole rings is 2. The molecule has 1 amide bonds. The Bertz CT molecular complexity index is 6550.